The van der Waals surface area contributed by atoms with E-state index in [1.807, 2.05) is 30.3 Å². The number of hydrogen-bond acceptors (Lipinski definition) is 5. The predicted octanol–water partition coefficient (Wildman–Crippen LogP) is 4.26. The van der Waals surface area contributed by atoms with E-state index in [2.05, 4.69) is 19.2 Å². The summed E-state index contributed by atoms with van der Waals surface area (Å²) in [5, 5.41) is 12.0. The quantitative estimate of drug-likeness (QED) is 0.631. The van der Waals surface area contributed by atoms with Crippen molar-refractivity contribution < 1.29 is 19.1 Å². The number of nitriles is 1. The number of carbonyl (C=O) groups is 3. The van der Waals surface area contributed by atoms with Gasteiger partial charge < -0.3 is 15.0 Å². The van der Waals surface area contributed by atoms with Gasteiger partial charge in [0.05, 0.1) is 17.2 Å². The van der Waals surface area contributed by atoms with Crippen LogP contribution in [0, 0.1) is 17.2 Å². The molecule has 2 aromatic rings. The van der Waals surface area contributed by atoms with Crippen molar-refractivity contribution in [3.63, 3.8) is 0 Å². The van der Waals surface area contributed by atoms with Crippen LogP contribution in [0.15, 0.2) is 42.5 Å². The van der Waals surface area contributed by atoms with Gasteiger partial charge in [-0.05, 0) is 42.2 Å². The Hall–Kier alpha value is -3.37. The topological polar surface area (TPSA) is 99.5 Å². The van der Waals surface area contributed by atoms with Crippen molar-refractivity contribution in [3.8, 4) is 6.07 Å². The second-order valence-electron chi connectivity index (χ2n) is 7.73. The third kappa shape index (κ3) is 5.27. The summed E-state index contributed by atoms with van der Waals surface area (Å²) in [4.78, 5) is 39.0. The number of ether oxygens (including phenoxy) is 1. The van der Waals surface area contributed by atoms with E-state index < -0.39 is 24.4 Å². The third-order valence-corrected chi connectivity index (χ3v) is 5.79. The number of hydrogen-bond donors (Lipinski definition) is 1. The molecule has 32 heavy (non-hydrogen) atoms. The Labute approximate surface area is 191 Å². The molecular formula is C24H24ClN3O4. The van der Waals surface area contributed by atoms with Gasteiger partial charge in [0, 0.05) is 23.7 Å². The molecule has 2 atom stereocenters. The van der Waals surface area contributed by atoms with E-state index in [0.717, 1.165) is 17.7 Å². The van der Waals surface area contributed by atoms with Crippen molar-refractivity contribution in [1.82, 2.24) is 0 Å². The van der Waals surface area contributed by atoms with E-state index in [-0.39, 0.29) is 36.0 Å². The van der Waals surface area contributed by atoms with Crippen molar-refractivity contribution in [2.24, 2.45) is 5.92 Å². The van der Waals surface area contributed by atoms with Gasteiger partial charge in [-0.1, -0.05) is 43.6 Å². The van der Waals surface area contributed by atoms with Crippen LogP contribution < -0.4 is 10.2 Å². The first-order chi connectivity index (χ1) is 15.3. The standard InChI is InChI=1S/C24H24ClN3O4/c1-3-15(2)19-6-4-5-7-21(19)28-13-17(10-23(28)30)24(31)32-14-22(29)27-20-11-18(25)9-8-16(20)12-26/h4-9,11,15,17H,3,10,13-14H2,1-2H3,(H,27,29)/t15-,17-/m1/s1. The van der Waals surface area contributed by atoms with E-state index in [4.69, 9.17) is 21.6 Å². The van der Waals surface area contributed by atoms with Gasteiger partial charge in [0.15, 0.2) is 6.61 Å². The number of rotatable bonds is 7. The first-order valence-corrected chi connectivity index (χ1v) is 10.8. The van der Waals surface area contributed by atoms with Gasteiger partial charge >= 0.3 is 5.97 Å². The summed E-state index contributed by atoms with van der Waals surface area (Å²) in [5.41, 5.74) is 2.35. The van der Waals surface area contributed by atoms with E-state index in [9.17, 15) is 14.4 Å². The average Bonchev–Trinajstić information content (AvgIpc) is 3.18. The van der Waals surface area contributed by atoms with Crippen molar-refractivity contribution in [1.29, 1.82) is 5.26 Å². The summed E-state index contributed by atoms with van der Waals surface area (Å²) in [6.45, 7) is 3.87. The summed E-state index contributed by atoms with van der Waals surface area (Å²) in [5.74, 6) is -1.73. The molecule has 166 valence electrons. The molecule has 2 aromatic carbocycles. The smallest absolute Gasteiger partial charge is 0.311 e. The molecule has 1 heterocycles. The van der Waals surface area contributed by atoms with Crippen molar-refractivity contribution in [3.05, 3.63) is 58.6 Å². The van der Waals surface area contributed by atoms with Crippen molar-refractivity contribution >= 4 is 40.8 Å². The highest BCUT2D eigenvalue weighted by molar-refractivity contribution is 6.31. The lowest BCUT2D eigenvalue weighted by atomic mass is 9.96. The molecule has 8 heteroatoms. The SMILES string of the molecule is CC[C@@H](C)c1ccccc1N1C[C@H](C(=O)OCC(=O)Nc2cc(Cl)ccc2C#N)CC1=O. The molecular weight excluding hydrogens is 430 g/mol. The minimum Gasteiger partial charge on any atom is -0.455 e. The van der Waals surface area contributed by atoms with Crippen LogP contribution in [-0.4, -0.2) is 30.9 Å². The van der Waals surface area contributed by atoms with Crippen LogP contribution in [0.3, 0.4) is 0 Å². The molecule has 0 aliphatic carbocycles. The zero-order valence-electron chi connectivity index (χ0n) is 17.9. The van der Waals surface area contributed by atoms with E-state index in [1.165, 1.54) is 18.2 Å². The first kappa shape index (κ1) is 23.3. The monoisotopic (exact) mass is 453 g/mol. The maximum absolute atomic E-state index is 12.6. The fourth-order valence-corrected chi connectivity index (χ4v) is 3.80. The number of anilines is 2. The van der Waals surface area contributed by atoms with Crippen LogP contribution in [-0.2, 0) is 19.1 Å². The molecule has 0 bridgehead atoms. The molecule has 0 aromatic heterocycles. The molecule has 0 saturated carbocycles. The fourth-order valence-electron chi connectivity index (χ4n) is 3.63. The van der Waals surface area contributed by atoms with E-state index in [0.29, 0.717) is 5.02 Å². The minimum absolute atomic E-state index is 0.0299. The normalized spacial score (nSPS) is 16.4. The van der Waals surface area contributed by atoms with E-state index >= 15 is 0 Å². The second-order valence-corrected chi connectivity index (χ2v) is 8.17. The Morgan fingerprint density at radius 2 is 2.06 bits per heavy atom. The van der Waals surface area contributed by atoms with Gasteiger partial charge in [-0.25, -0.2) is 0 Å². The largest absolute Gasteiger partial charge is 0.455 e. The van der Waals surface area contributed by atoms with Crippen LogP contribution >= 0.6 is 11.6 Å². The summed E-state index contributed by atoms with van der Waals surface area (Å²) >= 11 is 5.91. The molecule has 0 radical (unpaired) electrons. The molecule has 1 aliphatic rings. The molecule has 1 N–H and O–H groups in total. The van der Waals surface area contributed by atoms with Gasteiger partial charge in [0.1, 0.15) is 6.07 Å². The Morgan fingerprint density at radius 3 is 2.78 bits per heavy atom. The highest BCUT2D eigenvalue weighted by Crippen LogP contribution is 2.33. The molecule has 0 spiro atoms. The molecule has 1 aliphatic heterocycles. The zero-order chi connectivity index (χ0) is 23.3. The summed E-state index contributed by atoms with van der Waals surface area (Å²) in [6, 6.07) is 14.1. The molecule has 0 unspecified atom stereocenters. The molecule has 1 saturated heterocycles. The van der Waals surface area contributed by atoms with Gasteiger partial charge in [-0.3, -0.25) is 14.4 Å². The first-order valence-electron chi connectivity index (χ1n) is 10.4. The van der Waals surface area contributed by atoms with Crippen molar-refractivity contribution in [2.75, 3.05) is 23.4 Å². The van der Waals surface area contributed by atoms with Gasteiger partial charge in [-0.2, -0.15) is 5.26 Å². The molecule has 3 rings (SSSR count). The number of carbonyl (C=O) groups excluding carboxylic acids is 3. The van der Waals surface area contributed by atoms with Crippen LogP contribution in [0.5, 0.6) is 0 Å². The minimum atomic E-state index is -0.652. The number of halogens is 1. The fraction of sp³-hybridized carbons (Fsp3) is 0.333. The molecule has 7 nitrogen and oxygen atoms in total. The average molecular weight is 454 g/mol. The highest BCUT2D eigenvalue weighted by Gasteiger charge is 2.37. The highest BCUT2D eigenvalue weighted by atomic mass is 35.5. The van der Waals surface area contributed by atoms with Gasteiger partial charge in [0.25, 0.3) is 5.91 Å². The Kier molecular flexibility index (Phi) is 7.49. The lowest BCUT2D eigenvalue weighted by Crippen LogP contribution is -2.29. The van der Waals surface area contributed by atoms with Gasteiger partial charge in [0.2, 0.25) is 5.91 Å². The summed E-state index contributed by atoms with van der Waals surface area (Å²) < 4.78 is 5.15. The van der Waals surface area contributed by atoms with Gasteiger partial charge in [-0.15, -0.1) is 0 Å². The number of amides is 2. The number of benzene rings is 2. The van der Waals surface area contributed by atoms with Crippen LogP contribution in [0.4, 0.5) is 11.4 Å². The number of nitrogens with one attached hydrogen (secondary N) is 1. The lowest BCUT2D eigenvalue weighted by Gasteiger charge is -2.23. The number of para-hydroxylation sites is 1. The van der Waals surface area contributed by atoms with Crippen LogP contribution in [0.2, 0.25) is 5.02 Å². The Morgan fingerprint density at radius 1 is 1.31 bits per heavy atom. The van der Waals surface area contributed by atoms with Crippen molar-refractivity contribution in [2.45, 2.75) is 32.6 Å². The predicted molar refractivity (Wildman–Crippen MR) is 121 cm³/mol. The Bertz CT molecular complexity index is 1080. The zero-order valence-corrected chi connectivity index (χ0v) is 18.7. The van der Waals surface area contributed by atoms with Crippen LogP contribution in [0.1, 0.15) is 43.7 Å². The molecule has 1 fully saturated rings. The van der Waals surface area contributed by atoms with Crippen LogP contribution in [0.25, 0.3) is 0 Å². The Balaban J connectivity index is 1.61. The lowest BCUT2D eigenvalue weighted by molar-refractivity contribution is -0.151. The summed E-state index contributed by atoms with van der Waals surface area (Å²) in [7, 11) is 0. The third-order valence-electron chi connectivity index (χ3n) is 5.55. The molecule has 2 amide bonds. The number of nitrogens with zero attached hydrogens (tertiary/aromatic N) is 2. The maximum atomic E-state index is 12.6. The number of esters is 1. The van der Waals surface area contributed by atoms with E-state index in [1.54, 1.807) is 4.90 Å². The summed E-state index contributed by atoms with van der Waals surface area (Å²) in [6.07, 6.45) is 0.960. The maximum Gasteiger partial charge on any atom is 0.311 e. The second kappa shape index (κ2) is 10.3.